The van der Waals surface area contributed by atoms with Crippen molar-refractivity contribution in [3.63, 3.8) is 0 Å². The molecule has 2 rings (SSSR count). The summed E-state index contributed by atoms with van der Waals surface area (Å²) >= 11 is 3.38. The maximum atomic E-state index is 12.5. The van der Waals surface area contributed by atoms with Crippen LogP contribution in [0.25, 0.3) is 0 Å². The summed E-state index contributed by atoms with van der Waals surface area (Å²) in [5.41, 5.74) is 1.02. The lowest BCUT2D eigenvalue weighted by Crippen LogP contribution is -2.36. The zero-order valence-corrected chi connectivity index (χ0v) is 13.6. The Bertz CT molecular complexity index is 507. The molecule has 19 heavy (non-hydrogen) atoms. The van der Waals surface area contributed by atoms with E-state index in [1.807, 2.05) is 24.3 Å². The summed E-state index contributed by atoms with van der Waals surface area (Å²) in [5.74, 6) is 0. The minimum atomic E-state index is -3.15. The maximum Gasteiger partial charge on any atom is 0.217 e. The minimum absolute atomic E-state index is 0.179. The van der Waals surface area contributed by atoms with Gasteiger partial charge in [-0.2, -0.15) is 0 Å². The predicted octanol–water partition coefficient (Wildman–Crippen LogP) is 3.54. The Morgan fingerprint density at radius 1 is 1.16 bits per heavy atom. The van der Waals surface area contributed by atoms with Crippen molar-refractivity contribution >= 4 is 26.0 Å². The van der Waals surface area contributed by atoms with E-state index in [1.54, 1.807) is 7.05 Å². The molecule has 1 aromatic carbocycles. The Labute approximate surface area is 124 Å². The molecular weight excluding hydrogens is 326 g/mol. The van der Waals surface area contributed by atoms with Gasteiger partial charge in [-0.05, 0) is 30.5 Å². The summed E-state index contributed by atoms with van der Waals surface area (Å²) in [7, 11) is -1.46. The van der Waals surface area contributed by atoms with Gasteiger partial charge in [0.2, 0.25) is 10.0 Å². The van der Waals surface area contributed by atoms with E-state index in [0.29, 0.717) is 6.54 Å². The van der Waals surface area contributed by atoms with Crippen LogP contribution in [0, 0.1) is 0 Å². The van der Waals surface area contributed by atoms with Crippen LogP contribution in [-0.4, -0.2) is 25.0 Å². The van der Waals surface area contributed by atoms with Gasteiger partial charge in [0.15, 0.2) is 0 Å². The molecule has 0 amide bonds. The number of benzene rings is 1. The summed E-state index contributed by atoms with van der Waals surface area (Å²) in [4.78, 5) is 0. The molecule has 0 spiro atoms. The van der Waals surface area contributed by atoms with Gasteiger partial charge in [-0.25, -0.2) is 12.7 Å². The first-order valence-corrected chi connectivity index (χ1v) is 8.99. The highest BCUT2D eigenvalue weighted by molar-refractivity contribution is 9.10. The fourth-order valence-electron chi connectivity index (χ4n) is 2.55. The van der Waals surface area contributed by atoms with E-state index in [0.717, 1.165) is 35.7 Å². The number of sulfonamides is 1. The first-order chi connectivity index (χ1) is 9.00. The van der Waals surface area contributed by atoms with E-state index >= 15 is 0 Å². The number of halogens is 1. The summed E-state index contributed by atoms with van der Waals surface area (Å²) in [6.07, 6.45) is 4.87. The van der Waals surface area contributed by atoms with Crippen LogP contribution in [0.15, 0.2) is 28.7 Å². The lowest BCUT2D eigenvalue weighted by atomic mass is 10.0. The van der Waals surface area contributed by atoms with E-state index in [9.17, 15) is 8.42 Å². The van der Waals surface area contributed by atoms with E-state index in [2.05, 4.69) is 15.9 Å². The Hall–Kier alpha value is -0.390. The Kier molecular flexibility index (Phi) is 5.03. The second-order valence-electron chi connectivity index (χ2n) is 5.19. The molecule has 0 unspecified atom stereocenters. The second-order valence-corrected chi connectivity index (χ2v) is 8.42. The average molecular weight is 346 g/mol. The molecule has 1 aliphatic carbocycles. The molecule has 0 radical (unpaired) electrons. The molecule has 0 atom stereocenters. The highest BCUT2D eigenvalue weighted by Gasteiger charge is 2.30. The van der Waals surface area contributed by atoms with Gasteiger partial charge in [0.1, 0.15) is 0 Å². The van der Waals surface area contributed by atoms with Crippen LogP contribution in [0.4, 0.5) is 0 Å². The van der Waals surface area contributed by atoms with Crippen LogP contribution in [0.2, 0.25) is 0 Å². The molecule has 0 saturated heterocycles. The molecule has 5 heteroatoms. The molecule has 106 valence electrons. The number of hydrogen-bond acceptors (Lipinski definition) is 2. The Morgan fingerprint density at radius 3 is 2.32 bits per heavy atom. The van der Waals surface area contributed by atoms with Gasteiger partial charge in [-0.15, -0.1) is 0 Å². The monoisotopic (exact) mass is 345 g/mol. The maximum absolute atomic E-state index is 12.5. The van der Waals surface area contributed by atoms with E-state index in [-0.39, 0.29) is 5.25 Å². The molecule has 3 nitrogen and oxygen atoms in total. The van der Waals surface area contributed by atoms with Gasteiger partial charge in [0.05, 0.1) is 5.25 Å². The van der Waals surface area contributed by atoms with Crippen molar-refractivity contribution in [2.24, 2.45) is 0 Å². The summed E-state index contributed by atoms with van der Waals surface area (Å²) in [6.45, 7) is 0.451. The van der Waals surface area contributed by atoms with Gasteiger partial charge >= 0.3 is 0 Å². The normalized spacial score (nSPS) is 17.8. The summed E-state index contributed by atoms with van der Waals surface area (Å²) < 4.78 is 27.5. The molecule has 0 bridgehead atoms. The highest BCUT2D eigenvalue weighted by Crippen LogP contribution is 2.26. The van der Waals surface area contributed by atoms with Crippen LogP contribution >= 0.6 is 15.9 Å². The largest absolute Gasteiger partial charge is 0.217 e. The molecule has 0 aromatic heterocycles. The third kappa shape index (κ3) is 3.80. The Balaban J connectivity index is 2.05. The van der Waals surface area contributed by atoms with Crippen LogP contribution in [-0.2, 0) is 16.6 Å². The summed E-state index contributed by atoms with van der Waals surface area (Å²) in [5, 5.41) is -0.179. The quantitative estimate of drug-likeness (QED) is 0.836. The van der Waals surface area contributed by atoms with Gasteiger partial charge in [-0.1, -0.05) is 47.3 Å². The molecular formula is C14H20BrNO2S. The second kappa shape index (κ2) is 6.37. The lowest BCUT2D eigenvalue weighted by molar-refractivity contribution is 0.423. The van der Waals surface area contributed by atoms with E-state index in [1.165, 1.54) is 10.7 Å². The van der Waals surface area contributed by atoms with Gasteiger partial charge < -0.3 is 0 Å². The van der Waals surface area contributed by atoms with Crippen molar-refractivity contribution < 1.29 is 8.42 Å². The predicted molar refractivity (Wildman–Crippen MR) is 81.4 cm³/mol. The third-order valence-corrected chi connectivity index (χ3v) is 6.57. The molecule has 1 fully saturated rings. The molecule has 0 N–H and O–H groups in total. The van der Waals surface area contributed by atoms with Gasteiger partial charge in [-0.3, -0.25) is 0 Å². The molecule has 1 saturated carbocycles. The van der Waals surface area contributed by atoms with Gasteiger partial charge in [0.25, 0.3) is 0 Å². The Morgan fingerprint density at radius 2 is 1.74 bits per heavy atom. The van der Waals surface area contributed by atoms with Crippen molar-refractivity contribution in [3.05, 3.63) is 34.3 Å². The smallest absolute Gasteiger partial charge is 0.212 e. The first kappa shape index (κ1) is 15.0. The summed E-state index contributed by atoms with van der Waals surface area (Å²) in [6, 6.07) is 7.79. The van der Waals surface area contributed by atoms with Crippen LogP contribution in [0.3, 0.4) is 0 Å². The fourth-order valence-corrected chi connectivity index (χ4v) is 4.59. The number of rotatable bonds is 4. The van der Waals surface area contributed by atoms with Crippen LogP contribution < -0.4 is 0 Å². The van der Waals surface area contributed by atoms with E-state index < -0.39 is 10.0 Å². The first-order valence-electron chi connectivity index (χ1n) is 6.70. The van der Waals surface area contributed by atoms with Crippen molar-refractivity contribution in [2.75, 3.05) is 7.05 Å². The topological polar surface area (TPSA) is 37.4 Å². The molecule has 1 aromatic rings. The van der Waals surface area contributed by atoms with Crippen LogP contribution in [0.5, 0.6) is 0 Å². The average Bonchev–Trinajstić information content (AvgIpc) is 2.42. The zero-order chi connectivity index (χ0) is 13.9. The molecule has 0 heterocycles. The SMILES string of the molecule is CN(Cc1ccc(Br)cc1)S(=O)(=O)C1CCCCC1. The molecule has 0 aliphatic heterocycles. The minimum Gasteiger partial charge on any atom is -0.212 e. The van der Waals surface area contributed by atoms with Crippen molar-refractivity contribution in [1.82, 2.24) is 4.31 Å². The third-order valence-electron chi connectivity index (χ3n) is 3.73. The molecule has 1 aliphatic rings. The van der Waals surface area contributed by atoms with Gasteiger partial charge in [0, 0.05) is 18.1 Å². The standard InChI is InChI=1S/C14H20BrNO2S/c1-16(11-12-7-9-13(15)10-8-12)19(17,18)14-5-3-2-4-6-14/h7-10,14H,2-6,11H2,1H3. The van der Waals surface area contributed by atoms with Crippen molar-refractivity contribution in [1.29, 1.82) is 0 Å². The highest BCUT2D eigenvalue weighted by atomic mass is 79.9. The number of nitrogens with zero attached hydrogens (tertiary/aromatic N) is 1. The van der Waals surface area contributed by atoms with Crippen molar-refractivity contribution in [2.45, 2.75) is 43.9 Å². The lowest BCUT2D eigenvalue weighted by Gasteiger charge is -2.27. The number of hydrogen-bond donors (Lipinski definition) is 0. The van der Waals surface area contributed by atoms with Crippen LogP contribution in [0.1, 0.15) is 37.7 Å². The van der Waals surface area contributed by atoms with Crippen molar-refractivity contribution in [3.8, 4) is 0 Å². The fraction of sp³-hybridized carbons (Fsp3) is 0.571. The van der Waals surface area contributed by atoms with E-state index in [4.69, 9.17) is 0 Å². The zero-order valence-electron chi connectivity index (χ0n) is 11.2.